The van der Waals surface area contributed by atoms with Gasteiger partial charge in [0.15, 0.2) is 11.6 Å². The van der Waals surface area contributed by atoms with Crippen LogP contribution in [0.2, 0.25) is 20.1 Å². The van der Waals surface area contributed by atoms with E-state index in [1.807, 2.05) is 0 Å². The number of hydrogen-bond acceptors (Lipinski definition) is 4. The molecule has 0 radical (unpaired) electrons. The molecule has 5 rings (SSSR count). The fourth-order valence-corrected chi connectivity index (χ4v) is 4.49. The van der Waals surface area contributed by atoms with E-state index >= 15 is 0 Å². The molecule has 0 spiro atoms. The molecule has 0 atom stereocenters. The first-order valence-corrected chi connectivity index (χ1v) is 11.6. The smallest absolute Gasteiger partial charge is 0.196 e. The molecule has 2 N–H and O–H groups in total. The number of benzene rings is 4. The average Bonchev–Trinajstić information content (AvgIpc) is 2.83. The van der Waals surface area contributed by atoms with Gasteiger partial charge in [0, 0.05) is 22.5 Å². The Morgan fingerprint density at radius 3 is 1.29 bits per heavy atom. The summed E-state index contributed by atoms with van der Waals surface area (Å²) in [5.41, 5.74) is 3.43. The Morgan fingerprint density at radius 1 is 0.500 bits per heavy atom. The third-order valence-corrected chi connectivity index (χ3v) is 6.95. The van der Waals surface area contributed by atoms with E-state index < -0.39 is 0 Å². The predicted octanol–water partition coefficient (Wildman–Crippen LogP) is 8.56. The molecular formula is C26H14Cl4N2O2. The minimum Gasteiger partial charge on any atom is -0.355 e. The largest absolute Gasteiger partial charge is 0.355 e. The Balaban J connectivity index is 1.66. The summed E-state index contributed by atoms with van der Waals surface area (Å²) in [6, 6.07) is 20.3. The third kappa shape index (κ3) is 4.04. The maximum atomic E-state index is 13.6. The fourth-order valence-electron chi connectivity index (χ4n) is 3.89. The number of carbonyl (C=O) groups excluding carboxylic acids is 2. The Bertz CT molecular complexity index is 1390. The van der Waals surface area contributed by atoms with Crippen LogP contribution >= 0.6 is 46.4 Å². The molecule has 168 valence electrons. The number of carbonyl (C=O) groups is 2. The van der Waals surface area contributed by atoms with Crippen molar-refractivity contribution < 1.29 is 9.59 Å². The predicted molar refractivity (Wildman–Crippen MR) is 139 cm³/mol. The quantitative estimate of drug-likeness (QED) is 0.246. The van der Waals surface area contributed by atoms with Crippen molar-refractivity contribution in [2.75, 3.05) is 10.6 Å². The summed E-state index contributed by atoms with van der Waals surface area (Å²) in [6.07, 6.45) is 0. The van der Waals surface area contributed by atoms with Crippen molar-refractivity contribution in [3.63, 3.8) is 0 Å². The van der Waals surface area contributed by atoms with Gasteiger partial charge in [-0.3, -0.25) is 9.59 Å². The molecule has 34 heavy (non-hydrogen) atoms. The lowest BCUT2D eigenvalue weighted by Crippen LogP contribution is -2.23. The zero-order valence-corrected chi connectivity index (χ0v) is 20.3. The highest BCUT2D eigenvalue weighted by atomic mass is 35.5. The molecule has 0 saturated carbocycles. The molecule has 1 aliphatic carbocycles. The Kier molecular flexibility index (Phi) is 6.00. The highest BCUT2D eigenvalue weighted by Crippen LogP contribution is 2.39. The zero-order valence-electron chi connectivity index (χ0n) is 17.3. The van der Waals surface area contributed by atoms with Crippen molar-refractivity contribution in [1.82, 2.24) is 0 Å². The van der Waals surface area contributed by atoms with Crippen LogP contribution in [0.5, 0.6) is 0 Å². The summed E-state index contributed by atoms with van der Waals surface area (Å²) in [4.78, 5) is 27.2. The molecule has 4 aromatic carbocycles. The van der Waals surface area contributed by atoms with E-state index in [0.717, 1.165) is 0 Å². The Morgan fingerprint density at radius 2 is 0.912 bits per heavy atom. The van der Waals surface area contributed by atoms with Crippen LogP contribution in [0.3, 0.4) is 0 Å². The van der Waals surface area contributed by atoms with Crippen molar-refractivity contribution in [2.45, 2.75) is 0 Å². The van der Waals surface area contributed by atoms with Gasteiger partial charge >= 0.3 is 0 Å². The van der Waals surface area contributed by atoms with Crippen LogP contribution in [0.4, 0.5) is 22.7 Å². The van der Waals surface area contributed by atoms with Crippen LogP contribution in [0.25, 0.3) is 0 Å². The Labute approximate surface area is 215 Å². The number of fused-ring (bicyclic) bond motifs is 2. The second-order valence-corrected chi connectivity index (χ2v) is 9.25. The lowest BCUT2D eigenvalue weighted by molar-refractivity contribution is 0.0980. The average molecular weight is 528 g/mol. The van der Waals surface area contributed by atoms with Crippen molar-refractivity contribution in [1.29, 1.82) is 0 Å². The van der Waals surface area contributed by atoms with Crippen molar-refractivity contribution in [3.05, 3.63) is 115 Å². The van der Waals surface area contributed by atoms with E-state index in [1.54, 1.807) is 72.8 Å². The molecule has 0 bridgehead atoms. The minimum absolute atomic E-state index is 0.259. The first kappa shape index (κ1) is 22.8. The molecule has 4 aromatic rings. The van der Waals surface area contributed by atoms with Gasteiger partial charge < -0.3 is 10.6 Å². The molecule has 1 aliphatic rings. The summed E-state index contributed by atoms with van der Waals surface area (Å²) in [5, 5.41) is 7.97. The molecule has 0 heterocycles. The van der Waals surface area contributed by atoms with Crippen LogP contribution in [-0.2, 0) is 0 Å². The van der Waals surface area contributed by atoms with Gasteiger partial charge in [-0.25, -0.2) is 0 Å². The molecule has 0 unspecified atom stereocenters. The van der Waals surface area contributed by atoms with Gasteiger partial charge in [0.1, 0.15) is 0 Å². The van der Waals surface area contributed by atoms with Gasteiger partial charge in [-0.05, 0) is 48.5 Å². The molecule has 8 heteroatoms. The second kappa shape index (κ2) is 8.97. The summed E-state index contributed by atoms with van der Waals surface area (Å²) in [7, 11) is 0. The normalized spacial score (nSPS) is 12.2. The van der Waals surface area contributed by atoms with Crippen molar-refractivity contribution in [3.8, 4) is 0 Å². The van der Waals surface area contributed by atoms with E-state index in [0.29, 0.717) is 54.0 Å². The molecule has 0 amide bonds. The van der Waals surface area contributed by atoms with Gasteiger partial charge in [-0.1, -0.05) is 70.7 Å². The second-order valence-electron chi connectivity index (χ2n) is 7.62. The first-order chi connectivity index (χ1) is 16.3. The summed E-state index contributed by atoms with van der Waals surface area (Å²) in [5.74, 6) is -0.518. The summed E-state index contributed by atoms with van der Waals surface area (Å²) in [6.45, 7) is 0. The highest BCUT2D eigenvalue weighted by molar-refractivity contribution is 6.42. The third-order valence-electron chi connectivity index (χ3n) is 5.47. The molecule has 0 saturated heterocycles. The van der Waals surface area contributed by atoms with Gasteiger partial charge in [-0.15, -0.1) is 0 Å². The van der Waals surface area contributed by atoms with E-state index in [4.69, 9.17) is 46.4 Å². The SMILES string of the molecule is O=C1c2ccccc2C(=O)c2c(Nc3ccc(Cl)c(Cl)c3)ccc(Nc3ccc(Cl)c(Cl)c3)c21. The number of rotatable bonds is 4. The standard InChI is InChI=1S/C26H14Cl4N2O2/c27-17-7-5-13(11-19(17)29)31-21-9-10-22(32-14-6-8-18(28)20(30)12-14)24-23(21)25(33)15-3-1-2-4-16(15)26(24)34/h1-12,31-32H. The Hall–Kier alpha value is -3.02. The first-order valence-electron chi connectivity index (χ1n) is 10.1. The zero-order chi connectivity index (χ0) is 24.0. The van der Waals surface area contributed by atoms with Crippen LogP contribution < -0.4 is 10.6 Å². The molecular weight excluding hydrogens is 514 g/mol. The molecule has 0 aliphatic heterocycles. The lowest BCUT2D eigenvalue weighted by Gasteiger charge is -2.24. The molecule has 4 nitrogen and oxygen atoms in total. The van der Waals surface area contributed by atoms with Crippen molar-refractivity contribution >= 4 is 80.7 Å². The topological polar surface area (TPSA) is 58.2 Å². The fraction of sp³-hybridized carbons (Fsp3) is 0. The van der Waals surface area contributed by atoms with Crippen LogP contribution in [0.1, 0.15) is 31.8 Å². The lowest BCUT2D eigenvalue weighted by atomic mass is 9.82. The van der Waals surface area contributed by atoms with Gasteiger partial charge in [0.05, 0.1) is 42.6 Å². The monoisotopic (exact) mass is 526 g/mol. The van der Waals surface area contributed by atoms with Crippen LogP contribution in [0, 0.1) is 0 Å². The summed E-state index contributed by atoms with van der Waals surface area (Å²) < 4.78 is 0. The van der Waals surface area contributed by atoms with E-state index in [1.165, 1.54) is 0 Å². The number of hydrogen-bond donors (Lipinski definition) is 2. The van der Waals surface area contributed by atoms with Gasteiger partial charge in [0.2, 0.25) is 0 Å². The minimum atomic E-state index is -0.259. The molecule has 0 fully saturated rings. The van der Waals surface area contributed by atoms with Crippen LogP contribution in [0.15, 0.2) is 72.8 Å². The number of anilines is 4. The van der Waals surface area contributed by atoms with Crippen LogP contribution in [-0.4, -0.2) is 11.6 Å². The number of halogens is 4. The van der Waals surface area contributed by atoms with E-state index in [9.17, 15) is 9.59 Å². The molecule has 0 aromatic heterocycles. The van der Waals surface area contributed by atoms with Crippen molar-refractivity contribution in [2.24, 2.45) is 0 Å². The van der Waals surface area contributed by atoms with E-state index in [-0.39, 0.29) is 22.7 Å². The number of ketones is 2. The maximum Gasteiger partial charge on any atom is 0.196 e. The van der Waals surface area contributed by atoms with E-state index in [2.05, 4.69) is 10.6 Å². The maximum absolute atomic E-state index is 13.6. The number of nitrogens with one attached hydrogen (secondary N) is 2. The van der Waals surface area contributed by atoms with Gasteiger partial charge in [0.25, 0.3) is 0 Å². The summed E-state index contributed by atoms with van der Waals surface area (Å²) >= 11 is 24.4. The highest BCUT2D eigenvalue weighted by Gasteiger charge is 2.34. The van der Waals surface area contributed by atoms with Gasteiger partial charge in [-0.2, -0.15) is 0 Å².